The number of ether oxygens (including phenoxy) is 1. The van der Waals surface area contributed by atoms with E-state index in [9.17, 15) is 9.90 Å². The van der Waals surface area contributed by atoms with Gasteiger partial charge in [0.15, 0.2) is 0 Å². The van der Waals surface area contributed by atoms with Crippen LogP contribution in [-0.2, 0) is 9.53 Å². The summed E-state index contributed by atoms with van der Waals surface area (Å²) >= 11 is 0. The first kappa shape index (κ1) is 30.4. The minimum Gasteiger partial charge on any atom is -0.466 e. The SMILES string of the molecule is CCCCCCCCN(CCO)CCCCCCCCCC(=O)OCCCCCCC. The zero-order valence-corrected chi connectivity index (χ0v) is 21.2. The molecule has 186 valence electrons. The summed E-state index contributed by atoms with van der Waals surface area (Å²) in [6, 6.07) is 0. The summed E-state index contributed by atoms with van der Waals surface area (Å²) in [5.41, 5.74) is 0. The molecule has 0 aliphatic heterocycles. The van der Waals surface area contributed by atoms with Crippen molar-refractivity contribution in [1.82, 2.24) is 4.90 Å². The van der Waals surface area contributed by atoms with Crippen LogP contribution in [0.4, 0.5) is 0 Å². The molecule has 0 radical (unpaired) electrons. The summed E-state index contributed by atoms with van der Waals surface area (Å²) in [5.74, 6) is -0.00942. The lowest BCUT2D eigenvalue weighted by Gasteiger charge is -2.21. The van der Waals surface area contributed by atoms with Crippen LogP contribution in [-0.4, -0.2) is 48.8 Å². The molecule has 4 nitrogen and oxygen atoms in total. The maximum atomic E-state index is 11.7. The van der Waals surface area contributed by atoms with Crippen LogP contribution in [0.25, 0.3) is 0 Å². The van der Waals surface area contributed by atoms with Crippen molar-refractivity contribution in [3.8, 4) is 0 Å². The van der Waals surface area contributed by atoms with E-state index in [1.165, 1.54) is 96.3 Å². The molecule has 0 fully saturated rings. The summed E-state index contributed by atoms with van der Waals surface area (Å²) in [5, 5.41) is 9.29. The average Bonchev–Trinajstić information content (AvgIpc) is 2.77. The van der Waals surface area contributed by atoms with Gasteiger partial charge in [0.2, 0.25) is 0 Å². The predicted molar refractivity (Wildman–Crippen MR) is 134 cm³/mol. The van der Waals surface area contributed by atoms with Gasteiger partial charge in [-0.05, 0) is 38.8 Å². The Labute approximate surface area is 194 Å². The molecule has 0 atom stereocenters. The summed E-state index contributed by atoms with van der Waals surface area (Å²) in [7, 11) is 0. The summed E-state index contributed by atoms with van der Waals surface area (Å²) in [6.07, 6.45) is 23.0. The van der Waals surface area contributed by atoms with Gasteiger partial charge in [0.05, 0.1) is 13.2 Å². The highest BCUT2D eigenvalue weighted by molar-refractivity contribution is 5.69. The lowest BCUT2D eigenvalue weighted by molar-refractivity contribution is -0.143. The molecule has 0 rings (SSSR count). The zero-order chi connectivity index (χ0) is 22.8. The van der Waals surface area contributed by atoms with Gasteiger partial charge in [-0.2, -0.15) is 0 Å². The molecular formula is C27H55NO3. The van der Waals surface area contributed by atoms with E-state index in [1.807, 2.05) is 0 Å². The van der Waals surface area contributed by atoms with Crippen LogP contribution in [0.5, 0.6) is 0 Å². The number of hydrogen-bond acceptors (Lipinski definition) is 4. The second-order valence-corrected chi connectivity index (χ2v) is 9.19. The molecule has 0 amide bonds. The van der Waals surface area contributed by atoms with E-state index in [1.54, 1.807) is 0 Å². The van der Waals surface area contributed by atoms with E-state index in [4.69, 9.17) is 4.74 Å². The van der Waals surface area contributed by atoms with Crippen molar-refractivity contribution in [2.75, 3.05) is 32.8 Å². The summed E-state index contributed by atoms with van der Waals surface area (Å²) in [6.45, 7) is 8.44. The molecule has 0 aromatic carbocycles. The molecule has 0 bridgehead atoms. The maximum Gasteiger partial charge on any atom is 0.305 e. The molecule has 0 spiro atoms. The van der Waals surface area contributed by atoms with Crippen LogP contribution in [0, 0.1) is 0 Å². The fourth-order valence-electron chi connectivity index (χ4n) is 4.04. The Hall–Kier alpha value is -0.610. The van der Waals surface area contributed by atoms with Crippen molar-refractivity contribution in [3.05, 3.63) is 0 Å². The third kappa shape index (κ3) is 23.9. The number of aliphatic hydroxyl groups is 1. The quantitative estimate of drug-likeness (QED) is 0.119. The number of carbonyl (C=O) groups excluding carboxylic acids is 1. The lowest BCUT2D eigenvalue weighted by Crippen LogP contribution is -2.29. The number of carbonyl (C=O) groups is 1. The molecule has 0 heterocycles. The monoisotopic (exact) mass is 441 g/mol. The van der Waals surface area contributed by atoms with Crippen molar-refractivity contribution < 1.29 is 14.6 Å². The van der Waals surface area contributed by atoms with E-state index in [2.05, 4.69) is 18.7 Å². The first-order chi connectivity index (χ1) is 15.2. The molecule has 4 heteroatoms. The minimum atomic E-state index is -0.00942. The van der Waals surface area contributed by atoms with Crippen LogP contribution in [0.3, 0.4) is 0 Å². The topological polar surface area (TPSA) is 49.8 Å². The summed E-state index contributed by atoms with van der Waals surface area (Å²) in [4.78, 5) is 14.2. The molecule has 0 aliphatic carbocycles. The van der Waals surface area contributed by atoms with Crippen molar-refractivity contribution in [3.63, 3.8) is 0 Å². The normalized spacial score (nSPS) is 11.4. The molecule has 0 unspecified atom stereocenters. The highest BCUT2D eigenvalue weighted by Crippen LogP contribution is 2.11. The van der Waals surface area contributed by atoms with Gasteiger partial charge < -0.3 is 14.7 Å². The number of unbranched alkanes of at least 4 members (excludes halogenated alkanes) is 15. The van der Waals surface area contributed by atoms with Crippen molar-refractivity contribution in [2.24, 2.45) is 0 Å². The van der Waals surface area contributed by atoms with E-state index in [0.29, 0.717) is 13.0 Å². The number of aliphatic hydroxyl groups excluding tert-OH is 1. The van der Waals surface area contributed by atoms with Gasteiger partial charge in [-0.3, -0.25) is 4.79 Å². The van der Waals surface area contributed by atoms with E-state index in [-0.39, 0.29) is 12.6 Å². The Morgan fingerprint density at radius 1 is 0.613 bits per heavy atom. The van der Waals surface area contributed by atoms with E-state index in [0.717, 1.165) is 38.9 Å². The van der Waals surface area contributed by atoms with Crippen LogP contribution in [0.2, 0.25) is 0 Å². The standard InChI is InChI=1S/C27H55NO3/c1-3-5-7-9-14-18-22-28(24-25-29)23-19-15-12-10-11-13-17-21-27(30)31-26-20-16-8-6-4-2/h29H,3-26H2,1-2H3. The number of esters is 1. The fraction of sp³-hybridized carbons (Fsp3) is 0.963. The molecule has 31 heavy (non-hydrogen) atoms. The molecule has 1 N–H and O–H groups in total. The first-order valence-electron chi connectivity index (χ1n) is 13.7. The van der Waals surface area contributed by atoms with Gasteiger partial charge in [0.25, 0.3) is 0 Å². The molecule has 0 aromatic rings. The second kappa shape index (κ2) is 25.6. The van der Waals surface area contributed by atoms with Gasteiger partial charge >= 0.3 is 5.97 Å². The van der Waals surface area contributed by atoms with Gasteiger partial charge in [-0.1, -0.05) is 104 Å². The number of nitrogens with zero attached hydrogens (tertiary/aromatic N) is 1. The second-order valence-electron chi connectivity index (χ2n) is 9.19. The van der Waals surface area contributed by atoms with Crippen LogP contribution < -0.4 is 0 Å². The van der Waals surface area contributed by atoms with Crippen LogP contribution in [0.1, 0.15) is 136 Å². The van der Waals surface area contributed by atoms with E-state index < -0.39 is 0 Å². The maximum absolute atomic E-state index is 11.7. The zero-order valence-electron chi connectivity index (χ0n) is 21.2. The Morgan fingerprint density at radius 3 is 1.58 bits per heavy atom. The predicted octanol–water partition coefficient (Wildman–Crippen LogP) is 7.28. The third-order valence-corrected chi connectivity index (χ3v) is 6.11. The molecular weight excluding hydrogens is 386 g/mol. The fourth-order valence-corrected chi connectivity index (χ4v) is 4.04. The number of rotatable bonds is 25. The smallest absolute Gasteiger partial charge is 0.305 e. The van der Waals surface area contributed by atoms with Gasteiger partial charge in [-0.25, -0.2) is 0 Å². The Bertz CT molecular complexity index is 362. The third-order valence-electron chi connectivity index (χ3n) is 6.11. The van der Waals surface area contributed by atoms with Crippen molar-refractivity contribution >= 4 is 5.97 Å². The minimum absolute atomic E-state index is 0.00942. The lowest BCUT2D eigenvalue weighted by atomic mass is 10.1. The number of hydrogen-bond donors (Lipinski definition) is 1. The van der Waals surface area contributed by atoms with Crippen molar-refractivity contribution in [1.29, 1.82) is 0 Å². The molecule has 0 saturated carbocycles. The highest BCUT2D eigenvalue weighted by atomic mass is 16.5. The van der Waals surface area contributed by atoms with Gasteiger partial charge in [0.1, 0.15) is 0 Å². The highest BCUT2D eigenvalue weighted by Gasteiger charge is 2.05. The Morgan fingerprint density at radius 2 is 1.06 bits per heavy atom. The van der Waals surface area contributed by atoms with Crippen LogP contribution >= 0.6 is 0 Å². The van der Waals surface area contributed by atoms with Gasteiger partial charge in [-0.15, -0.1) is 0 Å². The van der Waals surface area contributed by atoms with Crippen LogP contribution in [0.15, 0.2) is 0 Å². The molecule has 0 saturated heterocycles. The largest absolute Gasteiger partial charge is 0.466 e. The van der Waals surface area contributed by atoms with E-state index >= 15 is 0 Å². The molecule has 0 aromatic heterocycles. The Balaban J connectivity index is 3.44. The van der Waals surface area contributed by atoms with Gasteiger partial charge in [0, 0.05) is 13.0 Å². The Kier molecular flexibility index (Phi) is 25.1. The first-order valence-corrected chi connectivity index (χ1v) is 13.7. The van der Waals surface area contributed by atoms with Crippen molar-refractivity contribution in [2.45, 2.75) is 136 Å². The molecule has 0 aliphatic rings. The average molecular weight is 442 g/mol. The summed E-state index contributed by atoms with van der Waals surface area (Å²) < 4.78 is 5.32.